The van der Waals surface area contributed by atoms with E-state index in [1.165, 1.54) is 12.2 Å². The van der Waals surface area contributed by atoms with E-state index in [1.54, 1.807) is 27.7 Å². The molecule has 0 saturated heterocycles. The smallest absolute Gasteiger partial charge is 0.324 e. The van der Waals surface area contributed by atoms with Gasteiger partial charge in [0.1, 0.15) is 0 Å². The third-order valence-electron chi connectivity index (χ3n) is 1.92. The molecular formula is C10H21O8P3. The van der Waals surface area contributed by atoms with Crippen molar-refractivity contribution in [3.05, 3.63) is 23.3 Å². The minimum absolute atomic E-state index is 0.507. The highest BCUT2D eigenvalue weighted by Crippen LogP contribution is 2.67. The first-order valence-electron chi connectivity index (χ1n) is 5.90. The predicted octanol–water partition coefficient (Wildman–Crippen LogP) is 3.42. The quantitative estimate of drug-likeness (QED) is 0.442. The van der Waals surface area contributed by atoms with Crippen LogP contribution in [0.25, 0.3) is 0 Å². The summed E-state index contributed by atoms with van der Waals surface area (Å²) >= 11 is 0. The van der Waals surface area contributed by atoms with Gasteiger partial charge in [-0.15, -0.1) is 0 Å². The van der Waals surface area contributed by atoms with Gasteiger partial charge in [-0.1, -0.05) is 23.3 Å². The normalized spacial score (nSPS) is 19.8. The average molecular weight is 362 g/mol. The largest absolute Gasteiger partial charge is 0.486 e. The van der Waals surface area contributed by atoms with Crippen LogP contribution in [0.3, 0.4) is 0 Å². The molecule has 2 unspecified atom stereocenters. The molecule has 0 radical (unpaired) electrons. The average Bonchev–Trinajstić information content (AvgIpc) is 2.21. The van der Waals surface area contributed by atoms with Crippen LogP contribution in [-0.4, -0.2) is 27.0 Å². The van der Waals surface area contributed by atoms with Crippen molar-refractivity contribution < 1.29 is 37.0 Å². The molecule has 124 valence electrons. The molecule has 0 aliphatic carbocycles. The molecule has 0 aromatic heterocycles. The maximum atomic E-state index is 11.6. The van der Waals surface area contributed by atoms with Crippen LogP contribution >= 0.6 is 23.0 Å². The van der Waals surface area contributed by atoms with Crippen LogP contribution in [0.5, 0.6) is 0 Å². The van der Waals surface area contributed by atoms with E-state index in [4.69, 9.17) is 0 Å². The van der Waals surface area contributed by atoms with Crippen molar-refractivity contribution in [2.24, 2.45) is 0 Å². The van der Waals surface area contributed by atoms with Gasteiger partial charge in [-0.3, -0.25) is 9.13 Å². The summed E-state index contributed by atoms with van der Waals surface area (Å²) in [4.78, 5) is 28.1. The number of phosphoric acid groups is 1. The molecule has 0 heterocycles. The van der Waals surface area contributed by atoms with Crippen LogP contribution in [0, 0.1) is 0 Å². The van der Waals surface area contributed by atoms with Crippen molar-refractivity contribution in [2.75, 3.05) is 12.3 Å². The highest BCUT2D eigenvalue weighted by molar-refractivity contribution is 7.69. The molecule has 0 aliphatic rings. The van der Waals surface area contributed by atoms with Crippen molar-refractivity contribution in [3.8, 4) is 0 Å². The molecule has 0 aromatic carbocycles. The fourth-order valence-corrected chi connectivity index (χ4v) is 5.69. The summed E-state index contributed by atoms with van der Waals surface area (Å²) in [7, 11) is -14.0. The molecular weight excluding hydrogens is 341 g/mol. The Balaban J connectivity index is 4.88. The monoisotopic (exact) mass is 362 g/mol. The molecule has 11 heteroatoms. The molecule has 3 N–H and O–H groups in total. The maximum Gasteiger partial charge on any atom is 0.486 e. The SMILES string of the molecule is CC(C)=CCP(=O)(O)OP(=O)(O)OP(=O)(O)CC=C(C)C. The minimum Gasteiger partial charge on any atom is -0.324 e. The predicted molar refractivity (Wildman–Crippen MR) is 80.2 cm³/mol. The molecule has 0 aliphatic heterocycles. The molecule has 2 atom stereocenters. The number of allylic oxidation sites excluding steroid dienone is 4. The fourth-order valence-electron chi connectivity index (χ4n) is 1.000. The molecule has 0 amide bonds. The Morgan fingerprint density at radius 2 is 1.10 bits per heavy atom. The van der Waals surface area contributed by atoms with E-state index in [-0.39, 0.29) is 0 Å². The van der Waals surface area contributed by atoms with Crippen molar-refractivity contribution in [3.63, 3.8) is 0 Å². The van der Waals surface area contributed by atoms with E-state index in [0.29, 0.717) is 11.1 Å². The third kappa shape index (κ3) is 11.2. The lowest BCUT2D eigenvalue weighted by molar-refractivity contribution is 0.257. The van der Waals surface area contributed by atoms with E-state index in [9.17, 15) is 28.4 Å². The van der Waals surface area contributed by atoms with Crippen LogP contribution in [0.4, 0.5) is 0 Å². The molecule has 0 rings (SSSR count). The Kier molecular flexibility index (Phi) is 7.99. The van der Waals surface area contributed by atoms with Crippen molar-refractivity contribution in [1.29, 1.82) is 0 Å². The Morgan fingerprint density at radius 1 is 0.810 bits per heavy atom. The van der Waals surface area contributed by atoms with E-state index in [1.807, 2.05) is 0 Å². The minimum atomic E-state index is -5.14. The Hall–Kier alpha value is -0.0300. The van der Waals surface area contributed by atoms with Gasteiger partial charge < -0.3 is 14.7 Å². The summed E-state index contributed by atoms with van der Waals surface area (Å²) < 4.78 is 42.9. The van der Waals surface area contributed by atoms with Gasteiger partial charge in [-0.05, 0) is 27.7 Å². The van der Waals surface area contributed by atoms with Crippen molar-refractivity contribution in [2.45, 2.75) is 27.7 Å². The van der Waals surface area contributed by atoms with Gasteiger partial charge in [0.25, 0.3) is 0 Å². The first-order chi connectivity index (χ1) is 9.25. The number of hydrogen-bond acceptors (Lipinski definition) is 5. The Bertz CT molecular complexity index is 511. The van der Waals surface area contributed by atoms with Gasteiger partial charge in [-0.25, -0.2) is 13.2 Å². The zero-order valence-electron chi connectivity index (χ0n) is 12.3. The highest BCUT2D eigenvalue weighted by Gasteiger charge is 2.39. The highest BCUT2D eigenvalue weighted by atomic mass is 31.3. The summed E-state index contributed by atoms with van der Waals surface area (Å²) in [6.07, 6.45) is 1.66. The second-order valence-electron chi connectivity index (χ2n) is 4.83. The first-order valence-corrected chi connectivity index (χ1v) is 10.9. The van der Waals surface area contributed by atoms with Crippen LogP contribution in [0.15, 0.2) is 23.3 Å². The zero-order valence-corrected chi connectivity index (χ0v) is 15.0. The fraction of sp³-hybridized carbons (Fsp3) is 0.600. The van der Waals surface area contributed by atoms with Crippen LogP contribution in [0.1, 0.15) is 27.7 Å². The summed E-state index contributed by atoms with van der Waals surface area (Å²) in [5.41, 5.74) is 1.41. The van der Waals surface area contributed by atoms with Gasteiger partial charge in [0, 0.05) is 0 Å². The summed E-state index contributed by atoms with van der Waals surface area (Å²) in [6, 6.07) is 0. The van der Waals surface area contributed by atoms with Crippen LogP contribution < -0.4 is 0 Å². The van der Waals surface area contributed by atoms with Gasteiger partial charge in [0.2, 0.25) is 0 Å². The standard InChI is InChI=1S/C10H21O8P3/c1-9(2)5-7-19(11,12)17-21(15,16)18-20(13,14)8-6-10(3)4/h5-6H,7-8H2,1-4H3,(H,11,12)(H,13,14)(H,15,16). The zero-order chi connectivity index (χ0) is 16.9. The lowest BCUT2D eigenvalue weighted by Crippen LogP contribution is -1.97. The Morgan fingerprint density at radius 3 is 1.33 bits per heavy atom. The van der Waals surface area contributed by atoms with Crippen molar-refractivity contribution in [1.82, 2.24) is 0 Å². The topological polar surface area (TPSA) is 130 Å². The number of rotatable bonds is 8. The number of hydrogen-bond donors (Lipinski definition) is 3. The summed E-state index contributed by atoms with van der Waals surface area (Å²) in [5, 5.41) is 0. The van der Waals surface area contributed by atoms with Crippen LogP contribution in [0.2, 0.25) is 0 Å². The van der Waals surface area contributed by atoms with E-state index >= 15 is 0 Å². The molecule has 21 heavy (non-hydrogen) atoms. The Labute approximate surface area is 124 Å². The molecule has 0 aromatic rings. The molecule has 0 bridgehead atoms. The lowest BCUT2D eigenvalue weighted by Gasteiger charge is -2.17. The van der Waals surface area contributed by atoms with Gasteiger partial charge in [0.15, 0.2) is 0 Å². The van der Waals surface area contributed by atoms with Crippen molar-refractivity contribution >= 4 is 23.0 Å². The second kappa shape index (κ2) is 8.00. The van der Waals surface area contributed by atoms with Gasteiger partial charge in [0.05, 0.1) is 12.3 Å². The molecule has 8 nitrogen and oxygen atoms in total. The van der Waals surface area contributed by atoms with Gasteiger partial charge >= 0.3 is 23.0 Å². The van der Waals surface area contributed by atoms with E-state index in [0.717, 1.165) is 0 Å². The lowest BCUT2D eigenvalue weighted by atomic mass is 10.3. The second-order valence-corrected chi connectivity index (χ2v) is 10.4. The maximum absolute atomic E-state index is 11.6. The van der Waals surface area contributed by atoms with E-state index in [2.05, 4.69) is 8.62 Å². The van der Waals surface area contributed by atoms with Gasteiger partial charge in [-0.2, -0.15) is 0 Å². The summed E-state index contributed by atoms with van der Waals surface area (Å²) in [6.45, 7) is 6.65. The summed E-state index contributed by atoms with van der Waals surface area (Å²) in [5.74, 6) is 0. The molecule has 0 fully saturated rings. The van der Waals surface area contributed by atoms with E-state index < -0.39 is 35.3 Å². The van der Waals surface area contributed by atoms with Crippen LogP contribution in [-0.2, 0) is 22.3 Å². The molecule has 0 spiro atoms. The molecule has 0 saturated carbocycles. The third-order valence-corrected chi connectivity index (χ3v) is 6.90. The first kappa shape index (κ1) is 21.0.